The highest BCUT2D eigenvalue weighted by atomic mass is 32.2. The molecule has 0 heterocycles. The van der Waals surface area contributed by atoms with Crippen LogP contribution >= 0.6 is 0 Å². The quantitative estimate of drug-likeness (QED) is 0.867. The van der Waals surface area contributed by atoms with E-state index >= 15 is 0 Å². The molecule has 0 aromatic heterocycles. The van der Waals surface area contributed by atoms with Gasteiger partial charge in [0, 0.05) is 22.6 Å². The standard InChI is InChI=1S/C18H27NO3S/c1-22-17-11-7-8-15(12-17)13-23(21)14-18(20)19-16-9-5-3-2-4-6-10-16/h7-8,11-12,16H,2-6,9-10,13-14H2,1H3,(H,19,20)/t23-/m0/s1. The number of hydrogen-bond acceptors (Lipinski definition) is 3. The van der Waals surface area contributed by atoms with Crippen molar-refractivity contribution in [2.75, 3.05) is 12.9 Å². The molecule has 4 nitrogen and oxygen atoms in total. The first kappa shape index (κ1) is 18.0. The first-order valence-electron chi connectivity index (χ1n) is 8.44. The van der Waals surface area contributed by atoms with Gasteiger partial charge in [0.05, 0.1) is 7.11 Å². The van der Waals surface area contributed by atoms with E-state index in [0.717, 1.165) is 24.2 Å². The summed E-state index contributed by atoms with van der Waals surface area (Å²) in [4.78, 5) is 12.1. The molecule has 1 amide bonds. The second-order valence-corrected chi connectivity index (χ2v) is 7.65. The summed E-state index contributed by atoms with van der Waals surface area (Å²) in [6, 6.07) is 7.77. The van der Waals surface area contributed by atoms with Gasteiger partial charge in [0.15, 0.2) is 0 Å². The Morgan fingerprint density at radius 3 is 2.61 bits per heavy atom. The fourth-order valence-corrected chi connectivity index (χ4v) is 4.04. The van der Waals surface area contributed by atoms with Crippen molar-refractivity contribution in [3.8, 4) is 5.75 Å². The second-order valence-electron chi connectivity index (χ2n) is 6.19. The molecule has 0 radical (unpaired) electrons. The normalized spacial score (nSPS) is 17.8. The molecule has 1 fully saturated rings. The van der Waals surface area contributed by atoms with Crippen LogP contribution in [0, 0.1) is 0 Å². The summed E-state index contributed by atoms with van der Waals surface area (Å²) in [5.41, 5.74) is 0.932. The van der Waals surface area contributed by atoms with Crippen LogP contribution in [0.25, 0.3) is 0 Å². The molecule has 2 rings (SSSR count). The monoisotopic (exact) mass is 337 g/mol. The van der Waals surface area contributed by atoms with E-state index in [1.54, 1.807) is 7.11 Å². The Bertz CT molecular complexity index is 525. The van der Waals surface area contributed by atoms with Crippen LogP contribution in [-0.2, 0) is 21.3 Å². The molecular weight excluding hydrogens is 310 g/mol. The lowest BCUT2D eigenvalue weighted by Crippen LogP contribution is -2.38. The summed E-state index contributed by atoms with van der Waals surface area (Å²) in [6.45, 7) is 0. The Morgan fingerprint density at radius 2 is 1.91 bits per heavy atom. The van der Waals surface area contributed by atoms with Crippen LogP contribution in [-0.4, -0.2) is 29.0 Å². The molecule has 1 aliphatic carbocycles. The van der Waals surface area contributed by atoms with Gasteiger partial charge in [-0.2, -0.15) is 0 Å². The third-order valence-corrected chi connectivity index (χ3v) is 5.46. The number of nitrogens with one attached hydrogen (secondary N) is 1. The van der Waals surface area contributed by atoms with Gasteiger partial charge in [0.25, 0.3) is 0 Å². The number of carbonyl (C=O) groups excluding carboxylic acids is 1. The van der Waals surface area contributed by atoms with Gasteiger partial charge < -0.3 is 10.1 Å². The minimum absolute atomic E-state index is 0.0771. The predicted molar refractivity (Wildman–Crippen MR) is 94.0 cm³/mol. The maximum atomic E-state index is 12.2. The molecule has 1 aromatic carbocycles. The average Bonchev–Trinajstić information content (AvgIpc) is 2.49. The lowest BCUT2D eigenvalue weighted by Gasteiger charge is -2.20. The van der Waals surface area contributed by atoms with E-state index in [0.29, 0.717) is 5.75 Å². The fraction of sp³-hybridized carbons (Fsp3) is 0.611. The van der Waals surface area contributed by atoms with Gasteiger partial charge in [-0.3, -0.25) is 9.00 Å². The summed E-state index contributed by atoms with van der Waals surface area (Å²) in [7, 11) is 0.419. The molecule has 1 aliphatic rings. The molecule has 0 saturated heterocycles. The van der Waals surface area contributed by atoms with E-state index in [-0.39, 0.29) is 17.7 Å². The van der Waals surface area contributed by atoms with Crippen molar-refractivity contribution in [2.24, 2.45) is 0 Å². The topological polar surface area (TPSA) is 55.4 Å². The molecule has 0 unspecified atom stereocenters. The van der Waals surface area contributed by atoms with Crippen molar-refractivity contribution >= 4 is 16.7 Å². The molecule has 5 heteroatoms. The third kappa shape index (κ3) is 6.73. The maximum Gasteiger partial charge on any atom is 0.232 e. The van der Waals surface area contributed by atoms with E-state index < -0.39 is 10.8 Å². The minimum atomic E-state index is -1.19. The average molecular weight is 337 g/mol. The molecule has 1 aromatic rings. The van der Waals surface area contributed by atoms with Crippen LogP contribution in [0.2, 0.25) is 0 Å². The van der Waals surface area contributed by atoms with E-state index in [1.807, 2.05) is 24.3 Å². The van der Waals surface area contributed by atoms with E-state index in [4.69, 9.17) is 4.74 Å². The minimum Gasteiger partial charge on any atom is -0.497 e. The van der Waals surface area contributed by atoms with Gasteiger partial charge in [-0.1, -0.05) is 44.2 Å². The van der Waals surface area contributed by atoms with E-state index in [1.165, 1.54) is 32.1 Å². The van der Waals surface area contributed by atoms with Crippen molar-refractivity contribution in [3.63, 3.8) is 0 Å². The SMILES string of the molecule is COc1cccc(C[S@](=O)CC(=O)NC2CCCCCCC2)c1. The largest absolute Gasteiger partial charge is 0.497 e. The van der Waals surface area contributed by atoms with Crippen molar-refractivity contribution < 1.29 is 13.7 Å². The molecule has 0 aliphatic heterocycles. The predicted octanol–water partition coefficient (Wildman–Crippen LogP) is 3.17. The number of ether oxygens (including phenoxy) is 1. The molecule has 1 saturated carbocycles. The lowest BCUT2D eigenvalue weighted by atomic mass is 9.97. The molecule has 1 atom stereocenters. The zero-order valence-corrected chi connectivity index (χ0v) is 14.7. The van der Waals surface area contributed by atoms with Crippen LogP contribution < -0.4 is 10.1 Å². The number of carbonyl (C=O) groups is 1. The first-order chi connectivity index (χ1) is 11.2. The van der Waals surface area contributed by atoms with Gasteiger partial charge >= 0.3 is 0 Å². The second kappa shape index (κ2) is 9.71. The number of rotatable bonds is 6. The van der Waals surface area contributed by atoms with E-state index in [9.17, 15) is 9.00 Å². The Labute approximate surface area is 141 Å². The van der Waals surface area contributed by atoms with Crippen LogP contribution in [0.4, 0.5) is 0 Å². The van der Waals surface area contributed by atoms with Gasteiger partial charge in [0.1, 0.15) is 11.5 Å². The highest BCUT2D eigenvalue weighted by molar-refractivity contribution is 7.84. The maximum absolute atomic E-state index is 12.2. The van der Waals surface area contributed by atoms with Gasteiger partial charge in [-0.15, -0.1) is 0 Å². The van der Waals surface area contributed by atoms with Crippen LogP contribution in [0.5, 0.6) is 5.75 Å². The summed E-state index contributed by atoms with van der Waals surface area (Å²) < 4.78 is 17.4. The van der Waals surface area contributed by atoms with Crippen molar-refractivity contribution in [1.82, 2.24) is 5.32 Å². The van der Waals surface area contributed by atoms with Gasteiger partial charge in [-0.05, 0) is 30.5 Å². The van der Waals surface area contributed by atoms with Crippen LogP contribution in [0.3, 0.4) is 0 Å². The lowest BCUT2D eigenvalue weighted by molar-refractivity contribution is -0.119. The summed E-state index contributed by atoms with van der Waals surface area (Å²) in [5.74, 6) is 1.12. The fourth-order valence-electron chi connectivity index (χ4n) is 3.02. The Kier molecular flexibility index (Phi) is 7.59. The van der Waals surface area contributed by atoms with Crippen molar-refractivity contribution in [2.45, 2.75) is 56.7 Å². The summed E-state index contributed by atoms with van der Waals surface area (Å²) >= 11 is 0. The molecule has 0 bridgehead atoms. The number of amides is 1. The molecule has 128 valence electrons. The van der Waals surface area contributed by atoms with Crippen molar-refractivity contribution in [1.29, 1.82) is 0 Å². The molecule has 1 N–H and O–H groups in total. The van der Waals surface area contributed by atoms with Crippen LogP contribution in [0.15, 0.2) is 24.3 Å². The Balaban J connectivity index is 1.78. The highest BCUT2D eigenvalue weighted by Gasteiger charge is 2.16. The molecule has 23 heavy (non-hydrogen) atoms. The number of methoxy groups -OCH3 is 1. The van der Waals surface area contributed by atoms with Crippen molar-refractivity contribution in [3.05, 3.63) is 29.8 Å². The number of hydrogen-bond donors (Lipinski definition) is 1. The van der Waals surface area contributed by atoms with Crippen LogP contribution in [0.1, 0.15) is 50.5 Å². The number of benzene rings is 1. The van der Waals surface area contributed by atoms with E-state index in [2.05, 4.69) is 5.32 Å². The Hall–Kier alpha value is -1.36. The van der Waals surface area contributed by atoms with Gasteiger partial charge in [0.2, 0.25) is 5.91 Å². The third-order valence-electron chi connectivity index (χ3n) is 4.22. The van der Waals surface area contributed by atoms with Gasteiger partial charge in [-0.25, -0.2) is 0 Å². The Morgan fingerprint density at radius 1 is 1.22 bits per heavy atom. The first-order valence-corrected chi connectivity index (χ1v) is 9.93. The highest BCUT2D eigenvalue weighted by Crippen LogP contribution is 2.17. The smallest absolute Gasteiger partial charge is 0.232 e. The summed E-state index contributed by atoms with van der Waals surface area (Å²) in [5, 5.41) is 3.07. The zero-order chi connectivity index (χ0) is 16.5. The molecular formula is C18H27NO3S. The summed E-state index contributed by atoms with van der Waals surface area (Å²) in [6.07, 6.45) is 8.28. The zero-order valence-electron chi connectivity index (χ0n) is 13.9. The molecule has 0 spiro atoms.